The maximum Gasteiger partial charge on any atom is 0.243 e. The van der Waals surface area contributed by atoms with Crippen LogP contribution in [-0.2, 0) is 9.59 Å². The van der Waals surface area contributed by atoms with Crippen molar-refractivity contribution in [1.82, 2.24) is 15.1 Å². The van der Waals surface area contributed by atoms with Gasteiger partial charge in [-0.2, -0.15) is 0 Å². The summed E-state index contributed by atoms with van der Waals surface area (Å²) in [5, 5.41) is 5.35. The molecule has 0 radical (unpaired) electrons. The fourth-order valence-electron chi connectivity index (χ4n) is 3.82. The molecule has 0 spiro atoms. The standard InChI is InChI=1S/C23H26ClF3N4O2/c1-14(16-5-3-4-6-17(16)24)30-9-11-31(12-10-30)15(2)23(33)28-13-20(32)29-19-8-7-18(25)21(26)22(19)27/h3-8,14-15H,9-13H2,1-2H3,(H,28,33)(H,29,32). The highest BCUT2D eigenvalue weighted by Crippen LogP contribution is 2.28. The van der Waals surface area contributed by atoms with Gasteiger partial charge in [0.05, 0.1) is 18.3 Å². The van der Waals surface area contributed by atoms with Crippen LogP contribution in [0.15, 0.2) is 36.4 Å². The number of nitrogens with one attached hydrogen (secondary N) is 2. The molecule has 1 fully saturated rings. The summed E-state index contributed by atoms with van der Waals surface area (Å²) < 4.78 is 39.9. The van der Waals surface area contributed by atoms with E-state index in [-0.39, 0.29) is 11.9 Å². The molecule has 2 N–H and O–H groups in total. The van der Waals surface area contributed by atoms with Crippen LogP contribution in [0.25, 0.3) is 0 Å². The fourth-order valence-corrected chi connectivity index (χ4v) is 4.11. The molecule has 10 heteroatoms. The van der Waals surface area contributed by atoms with E-state index in [9.17, 15) is 22.8 Å². The largest absolute Gasteiger partial charge is 0.346 e. The molecule has 0 saturated carbocycles. The van der Waals surface area contributed by atoms with E-state index in [1.807, 2.05) is 29.2 Å². The first-order valence-electron chi connectivity index (χ1n) is 10.6. The van der Waals surface area contributed by atoms with E-state index in [0.29, 0.717) is 19.2 Å². The van der Waals surface area contributed by atoms with Crippen LogP contribution in [0.3, 0.4) is 0 Å². The molecule has 2 unspecified atom stereocenters. The number of rotatable bonds is 7. The van der Waals surface area contributed by atoms with Gasteiger partial charge >= 0.3 is 0 Å². The van der Waals surface area contributed by atoms with Gasteiger partial charge < -0.3 is 10.6 Å². The van der Waals surface area contributed by atoms with Crippen LogP contribution >= 0.6 is 11.6 Å². The Morgan fingerprint density at radius 1 is 0.970 bits per heavy atom. The molecule has 3 rings (SSSR count). The Morgan fingerprint density at radius 2 is 1.61 bits per heavy atom. The molecule has 1 aliphatic heterocycles. The number of benzene rings is 2. The predicted octanol–water partition coefficient (Wildman–Crippen LogP) is 3.58. The van der Waals surface area contributed by atoms with Gasteiger partial charge in [0.1, 0.15) is 0 Å². The maximum absolute atomic E-state index is 13.7. The van der Waals surface area contributed by atoms with Crippen molar-refractivity contribution in [3.05, 3.63) is 64.4 Å². The van der Waals surface area contributed by atoms with Crippen LogP contribution in [0.2, 0.25) is 5.02 Å². The summed E-state index contributed by atoms with van der Waals surface area (Å²) in [5.41, 5.74) is 0.562. The third kappa shape index (κ3) is 6.04. The molecule has 2 atom stereocenters. The third-order valence-electron chi connectivity index (χ3n) is 5.91. The smallest absolute Gasteiger partial charge is 0.243 e. The van der Waals surface area contributed by atoms with E-state index in [1.165, 1.54) is 0 Å². The SMILES string of the molecule is CC(C(=O)NCC(=O)Nc1ccc(F)c(F)c1F)N1CCN(C(C)c2ccccc2Cl)CC1. The highest BCUT2D eigenvalue weighted by Gasteiger charge is 2.28. The van der Waals surface area contributed by atoms with Gasteiger partial charge in [-0.05, 0) is 37.6 Å². The predicted molar refractivity (Wildman–Crippen MR) is 120 cm³/mol. The average molecular weight is 483 g/mol. The van der Waals surface area contributed by atoms with Gasteiger partial charge in [-0.25, -0.2) is 13.2 Å². The Morgan fingerprint density at radius 3 is 2.27 bits per heavy atom. The lowest BCUT2D eigenvalue weighted by molar-refractivity contribution is -0.128. The Kier molecular flexibility index (Phi) is 8.34. The van der Waals surface area contributed by atoms with Gasteiger partial charge in [0.15, 0.2) is 17.5 Å². The van der Waals surface area contributed by atoms with Gasteiger partial charge in [-0.1, -0.05) is 29.8 Å². The topological polar surface area (TPSA) is 64.7 Å². The minimum atomic E-state index is -1.67. The molecule has 2 aromatic rings. The van der Waals surface area contributed by atoms with E-state index in [2.05, 4.69) is 22.5 Å². The number of carbonyl (C=O) groups excluding carboxylic acids is 2. The van der Waals surface area contributed by atoms with Crippen molar-refractivity contribution < 1.29 is 22.8 Å². The number of hydrogen-bond donors (Lipinski definition) is 2. The normalized spacial score (nSPS) is 16.8. The number of amides is 2. The van der Waals surface area contributed by atoms with Crippen molar-refractivity contribution in [2.45, 2.75) is 25.9 Å². The van der Waals surface area contributed by atoms with Crippen LogP contribution in [0, 0.1) is 17.5 Å². The van der Waals surface area contributed by atoms with Crippen LogP contribution in [-0.4, -0.2) is 60.4 Å². The number of piperazine rings is 1. The molecule has 33 heavy (non-hydrogen) atoms. The van der Waals surface area contributed by atoms with Crippen molar-refractivity contribution in [1.29, 1.82) is 0 Å². The molecular formula is C23H26ClF3N4O2. The molecule has 2 aromatic carbocycles. The van der Waals surface area contributed by atoms with Crippen molar-refractivity contribution in [3.8, 4) is 0 Å². The van der Waals surface area contributed by atoms with E-state index < -0.39 is 41.6 Å². The molecule has 0 bridgehead atoms. The van der Waals surface area contributed by atoms with Crippen molar-refractivity contribution in [2.75, 3.05) is 38.0 Å². The molecule has 1 heterocycles. The zero-order chi connectivity index (χ0) is 24.1. The molecule has 6 nitrogen and oxygen atoms in total. The summed E-state index contributed by atoms with van der Waals surface area (Å²) in [7, 11) is 0. The molecule has 1 saturated heterocycles. The molecule has 1 aliphatic rings. The van der Waals surface area contributed by atoms with Crippen LogP contribution in [0.5, 0.6) is 0 Å². The summed E-state index contributed by atoms with van der Waals surface area (Å²) in [5.74, 6) is -5.63. The van der Waals surface area contributed by atoms with Crippen LogP contribution in [0.4, 0.5) is 18.9 Å². The lowest BCUT2D eigenvalue weighted by atomic mass is 10.1. The van der Waals surface area contributed by atoms with Crippen LogP contribution < -0.4 is 10.6 Å². The monoisotopic (exact) mass is 482 g/mol. The van der Waals surface area contributed by atoms with E-state index in [1.54, 1.807) is 6.92 Å². The third-order valence-corrected chi connectivity index (χ3v) is 6.26. The summed E-state index contributed by atoms with van der Waals surface area (Å²) >= 11 is 6.31. The molecule has 2 amide bonds. The number of hydrogen-bond acceptors (Lipinski definition) is 4. The number of carbonyl (C=O) groups is 2. The zero-order valence-electron chi connectivity index (χ0n) is 18.4. The zero-order valence-corrected chi connectivity index (χ0v) is 19.1. The average Bonchev–Trinajstić information content (AvgIpc) is 2.82. The van der Waals surface area contributed by atoms with Crippen molar-refractivity contribution in [2.24, 2.45) is 0 Å². The minimum absolute atomic E-state index is 0.144. The first-order valence-corrected chi connectivity index (χ1v) is 11.0. The van der Waals surface area contributed by atoms with E-state index >= 15 is 0 Å². The quantitative estimate of drug-likeness (QED) is 0.592. The summed E-state index contributed by atoms with van der Waals surface area (Å²) in [6, 6.07) is 9.02. The highest BCUT2D eigenvalue weighted by atomic mass is 35.5. The second-order valence-electron chi connectivity index (χ2n) is 7.93. The summed E-state index contributed by atoms with van der Waals surface area (Å²) in [4.78, 5) is 28.8. The maximum atomic E-state index is 13.7. The molecule has 0 aliphatic carbocycles. The van der Waals surface area contributed by atoms with Gasteiger partial charge in [-0.15, -0.1) is 0 Å². The fraction of sp³-hybridized carbons (Fsp3) is 0.391. The van der Waals surface area contributed by atoms with Crippen molar-refractivity contribution >= 4 is 29.1 Å². The first-order chi connectivity index (χ1) is 15.7. The van der Waals surface area contributed by atoms with Gasteiger partial charge in [0.25, 0.3) is 0 Å². The summed E-state index contributed by atoms with van der Waals surface area (Å²) in [6.07, 6.45) is 0. The Hall–Kier alpha value is -2.62. The van der Waals surface area contributed by atoms with Gasteiger partial charge in [0.2, 0.25) is 11.8 Å². The highest BCUT2D eigenvalue weighted by molar-refractivity contribution is 6.31. The van der Waals surface area contributed by atoms with Gasteiger partial charge in [0, 0.05) is 37.2 Å². The Balaban J connectivity index is 1.46. The Labute approximate surface area is 195 Å². The summed E-state index contributed by atoms with van der Waals surface area (Å²) in [6.45, 7) is 6.24. The lowest BCUT2D eigenvalue weighted by Gasteiger charge is -2.40. The second-order valence-corrected chi connectivity index (χ2v) is 8.34. The van der Waals surface area contributed by atoms with E-state index in [0.717, 1.165) is 29.7 Å². The lowest BCUT2D eigenvalue weighted by Crippen LogP contribution is -2.54. The number of anilines is 1. The molecule has 178 valence electrons. The molecular weight excluding hydrogens is 457 g/mol. The Bertz CT molecular complexity index is 1020. The second kappa shape index (κ2) is 11.0. The minimum Gasteiger partial charge on any atom is -0.346 e. The van der Waals surface area contributed by atoms with Crippen molar-refractivity contribution in [3.63, 3.8) is 0 Å². The first kappa shape index (κ1) is 25.0. The number of halogens is 4. The van der Waals surface area contributed by atoms with E-state index in [4.69, 9.17) is 11.6 Å². The molecule has 0 aromatic heterocycles. The van der Waals surface area contributed by atoms with Gasteiger partial charge in [-0.3, -0.25) is 19.4 Å². The number of nitrogens with zero attached hydrogens (tertiary/aromatic N) is 2. The van der Waals surface area contributed by atoms with Crippen LogP contribution in [0.1, 0.15) is 25.5 Å².